The maximum absolute atomic E-state index is 11.0. The third-order valence-electron chi connectivity index (χ3n) is 1.46. The number of carbonyl (C=O) groups is 2. The van der Waals surface area contributed by atoms with Crippen LogP contribution in [-0.4, -0.2) is 31.4 Å². The molecular weight excluding hydrogens is 170 g/mol. The van der Waals surface area contributed by atoms with Gasteiger partial charge in [-0.2, -0.15) is 0 Å². The lowest BCUT2D eigenvalue weighted by Gasteiger charge is -2.06. The Kier molecular flexibility index (Phi) is 5.88. The molecule has 0 heterocycles. The standard InChI is InChI=1S/C8H17N3O2/c1-6(9)5-8(13)11-4-3-7(12)10-2/h6H,3-5,9H2,1-2H3,(H,10,12)(H,11,13). The first-order valence-corrected chi connectivity index (χ1v) is 4.29. The SMILES string of the molecule is CNC(=O)CCNC(=O)CC(C)N. The number of hydrogen-bond acceptors (Lipinski definition) is 3. The van der Waals surface area contributed by atoms with Gasteiger partial charge in [-0.3, -0.25) is 9.59 Å². The summed E-state index contributed by atoms with van der Waals surface area (Å²) in [6, 6.07) is -0.139. The quantitative estimate of drug-likeness (QED) is 0.515. The molecule has 76 valence electrons. The largest absolute Gasteiger partial charge is 0.359 e. The van der Waals surface area contributed by atoms with Crippen LogP contribution in [0.5, 0.6) is 0 Å². The van der Waals surface area contributed by atoms with Crippen LogP contribution in [0, 0.1) is 0 Å². The normalized spacial score (nSPS) is 11.9. The van der Waals surface area contributed by atoms with E-state index in [-0.39, 0.29) is 17.9 Å². The Morgan fingerprint density at radius 3 is 2.46 bits per heavy atom. The van der Waals surface area contributed by atoms with Gasteiger partial charge < -0.3 is 16.4 Å². The number of carbonyl (C=O) groups excluding carboxylic acids is 2. The molecule has 0 bridgehead atoms. The Labute approximate surface area is 78.1 Å². The predicted molar refractivity (Wildman–Crippen MR) is 50.0 cm³/mol. The fourth-order valence-corrected chi connectivity index (χ4v) is 0.805. The first-order valence-electron chi connectivity index (χ1n) is 4.29. The molecule has 1 atom stereocenters. The van der Waals surface area contributed by atoms with Crippen molar-refractivity contribution in [3.05, 3.63) is 0 Å². The van der Waals surface area contributed by atoms with Gasteiger partial charge in [0.15, 0.2) is 0 Å². The Morgan fingerprint density at radius 2 is 2.00 bits per heavy atom. The van der Waals surface area contributed by atoms with E-state index in [1.807, 2.05) is 0 Å². The monoisotopic (exact) mass is 187 g/mol. The minimum atomic E-state index is -0.139. The van der Waals surface area contributed by atoms with E-state index >= 15 is 0 Å². The van der Waals surface area contributed by atoms with E-state index in [0.29, 0.717) is 19.4 Å². The lowest BCUT2D eigenvalue weighted by Crippen LogP contribution is -2.32. The highest BCUT2D eigenvalue weighted by Gasteiger charge is 2.04. The van der Waals surface area contributed by atoms with Gasteiger partial charge in [0.2, 0.25) is 11.8 Å². The summed E-state index contributed by atoms with van der Waals surface area (Å²) in [5.41, 5.74) is 5.41. The molecular formula is C8H17N3O2. The number of hydrogen-bond donors (Lipinski definition) is 3. The van der Waals surface area contributed by atoms with Crippen LogP contribution in [0.3, 0.4) is 0 Å². The summed E-state index contributed by atoms with van der Waals surface area (Å²) in [6.07, 6.45) is 0.606. The van der Waals surface area contributed by atoms with Gasteiger partial charge in [0.05, 0.1) is 0 Å². The van der Waals surface area contributed by atoms with Crippen LogP contribution in [0.15, 0.2) is 0 Å². The van der Waals surface area contributed by atoms with Crippen molar-refractivity contribution in [2.75, 3.05) is 13.6 Å². The molecule has 0 saturated carbocycles. The number of nitrogens with one attached hydrogen (secondary N) is 2. The third kappa shape index (κ3) is 7.27. The molecule has 0 spiro atoms. The lowest BCUT2D eigenvalue weighted by molar-refractivity contribution is -0.122. The first-order chi connectivity index (χ1) is 6.06. The summed E-state index contributed by atoms with van der Waals surface area (Å²) in [6.45, 7) is 2.13. The molecule has 5 heteroatoms. The van der Waals surface area contributed by atoms with Crippen molar-refractivity contribution in [3.8, 4) is 0 Å². The van der Waals surface area contributed by atoms with Gasteiger partial charge in [0, 0.05) is 32.5 Å². The molecule has 0 aromatic rings. The van der Waals surface area contributed by atoms with Crippen LogP contribution >= 0.6 is 0 Å². The highest BCUT2D eigenvalue weighted by Crippen LogP contribution is 1.85. The molecule has 1 unspecified atom stereocenters. The van der Waals surface area contributed by atoms with Crippen molar-refractivity contribution in [3.63, 3.8) is 0 Å². The van der Waals surface area contributed by atoms with Crippen molar-refractivity contribution in [2.24, 2.45) is 5.73 Å². The van der Waals surface area contributed by atoms with E-state index in [9.17, 15) is 9.59 Å². The maximum Gasteiger partial charge on any atom is 0.221 e. The van der Waals surface area contributed by atoms with Crippen molar-refractivity contribution >= 4 is 11.8 Å². The second kappa shape index (κ2) is 6.42. The Morgan fingerprint density at radius 1 is 1.38 bits per heavy atom. The van der Waals surface area contributed by atoms with Crippen LogP contribution in [0.2, 0.25) is 0 Å². The summed E-state index contributed by atoms with van der Waals surface area (Å²) in [5, 5.41) is 5.06. The molecule has 0 aliphatic heterocycles. The van der Waals surface area contributed by atoms with Gasteiger partial charge in [-0.05, 0) is 6.92 Å². The molecule has 0 aliphatic carbocycles. The molecule has 0 fully saturated rings. The Balaban J connectivity index is 3.42. The molecule has 5 nitrogen and oxygen atoms in total. The molecule has 0 aromatic carbocycles. The van der Waals surface area contributed by atoms with Gasteiger partial charge in [0.25, 0.3) is 0 Å². The van der Waals surface area contributed by atoms with Gasteiger partial charge >= 0.3 is 0 Å². The fraction of sp³-hybridized carbons (Fsp3) is 0.750. The van der Waals surface area contributed by atoms with E-state index in [0.717, 1.165) is 0 Å². The molecule has 0 aliphatic rings. The van der Waals surface area contributed by atoms with Crippen molar-refractivity contribution in [2.45, 2.75) is 25.8 Å². The summed E-state index contributed by atoms with van der Waals surface area (Å²) in [4.78, 5) is 21.7. The Hall–Kier alpha value is -1.10. The van der Waals surface area contributed by atoms with Crippen LogP contribution in [0.4, 0.5) is 0 Å². The smallest absolute Gasteiger partial charge is 0.221 e. The van der Waals surface area contributed by atoms with Crippen molar-refractivity contribution in [1.29, 1.82) is 0 Å². The third-order valence-corrected chi connectivity index (χ3v) is 1.46. The van der Waals surface area contributed by atoms with Crippen LogP contribution in [0.25, 0.3) is 0 Å². The molecule has 4 N–H and O–H groups in total. The fourth-order valence-electron chi connectivity index (χ4n) is 0.805. The molecule has 0 aromatic heterocycles. The minimum absolute atomic E-state index is 0.0823. The summed E-state index contributed by atoms with van der Waals surface area (Å²) in [5.74, 6) is -0.194. The second-order valence-corrected chi connectivity index (χ2v) is 2.95. The summed E-state index contributed by atoms with van der Waals surface area (Å²) < 4.78 is 0. The highest BCUT2D eigenvalue weighted by molar-refractivity contribution is 5.79. The van der Waals surface area contributed by atoms with E-state index in [1.165, 1.54) is 0 Å². The molecule has 2 amide bonds. The summed E-state index contributed by atoms with van der Waals surface area (Å²) >= 11 is 0. The number of rotatable bonds is 5. The van der Waals surface area contributed by atoms with Crippen molar-refractivity contribution < 1.29 is 9.59 Å². The lowest BCUT2D eigenvalue weighted by atomic mass is 10.2. The zero-order valence-corrected chi connectivity index (χ0v) is 8.09. The van der Waals surface area contributed by atoms with Gasteiger partial charge in [-0.15, -0.1) is 0 Å². The van der Waals surface area contributed by atoms with Crippen LogP contribution in [-0.2, 0) is 9.59 Å². The minimum Gasteiger partial charge on any atom is -0.359 e. The van der Waals surface area contributed by atoms with E-state index in [4.69, 9.17) is 5.73 Å². The Bertz CT molecular complexity index is 180. The average molecular weight is 187 g/mol. The maximum atomic E-state index is 11.0. The number of nitrogens with two attached hydrogens (primary N) is 1. The van der Waals surface area contributed by atoms with Crippen LogP contribution < -0.4 is 16.4 Å². The van der Waals surface area contributed by atoms with E-state index < -0.39 is 0 Å². The highest BCUT2D eigenvalue weighted by atomic mass is 16.2. The summed E-state index contributed by atoms with van der Waals surface area (Å²) in [7, 11) is 1.56. The zero-order chi connectivity index (χ0) is 10.3. The van der Waals surface area contributed by atoms with Gasteiger partial charge in [-0.1, -0.05) is 0 Å². The second-order valence-electron chi connectivity index (χ2n) is 2.95. The van der Waals surface area contributed by atoms with E-state index in [1.54, 1.807) is 14.0 Å². The van der Waals surface area contributed by atoms with Gasteiger partial charge in [-0.25, -0.2) is 0 Å². The van der Waals surface area contributed by atoms with Crippen LogP contribution in [0.1, 0.15) is 19.8 Å². The molecule has 0 radical (unpaired) electrons. The van der Waals surface area contributed by atoms with Crippen molar-refractivity contribution in [1.82, 2.24) is 10.6 Å². The van der Waals surface area contributed by atoms with E-state index in [2.05, 4.69) is 10.6 Å². The molecule has 0 saturated heterocycles. The molecule has 13 heavy (non-hydrogen) atoms. The topological polar surface area (TPSA) is 84.2 Å². The first kappa shape index (κ1) is 11.9. The zero-order valence-electron chi connectivity index (χ0n) is 8.09. The molecule has 0 rings (SSSR count). The average Bonchev–Trinajstić information content (AvgIpc) is 2.02. The predicted octanol–water partition coefficient (Wildman–Crippen LogP) is -1.02. The van der Waals surface area contributed by atoms with Gasteiger partial charge in [0.1, 0.15) is 0 Å². The number of amides is 2.